The number of thioether (sulfide) groups is 1. The highest BCUT2D eigenvalue weighted by Gasteiger charge is 2.26. The van der Waals surface area contributed by atoms with Crippen molar-refractivity contribution in [2.75, 3.05) is 51.0 Å². The number of likely N-dealkylation sites (tertiary alicyclic amines) is 1. The summed E-state index contributed by atoms with van der Waals surface area (Å²) >= 11 is 1.65. The van der Waals surface area contributed by atoms with Crippen LogP contribution >= 0.6 is 11.8 Å². The van der Waals surface area contributed by atoms with Gasteiger partial charge in [0.2, 0.25) is 0 Å². The number of nitrogens with zero attached hydrogens (tertiary/aromatic N) is 2. The first-order chi connectivity index (χ1) is 11.6. The van der Waals surface area contributed by atoms with Crippen molar-refractivity contribution in [3.63, 3.8) is 0 Å². The fourth-order valence-corrected chi connectivity index (χ4v) is 4.03. The first kappa shape index (κ1) is 17.4. The molecule has 1 unspecified atom stereocenters. The molecule has 2 heterocycles. The Morgan fingerprint density at radius 1 is 1.42 bits per heavy atom. The molecule has 1 aromatic carbocycles. The second-order valence-corrected chi connectivity index (χ2v) is 7.31. The van der Waals surface area contributed by atoms with Crippen molar-refractivity contribution in [1.82, 2.24) is 10.2 Å². The first-order valence-corrected chi connectivity index (χ1v) is 9.94. The minimum absolute atomic E-state index is 0.0274. The molecule has 24 heavy (non-hydrogen) atoms. The molecule has 2 aliphatic rings. The van der Waals surface area contributed by atoms with Gasteiger partial charge in [-0.05, 0) is 44.3 Å². The third-order valence-electron chi connectivity index (χ3n) is 5.01. The van der Waals surface area contributed by atoms with E-state index in [0.717, 1.165) is 42.4 Å². The van der Waals surface area contributed by atoms with Crippen molar-refractivity contribution < 1.29 is 9.53 Å². The second kappa shape index (κ2) is 7.66. The number of hydrogen-bond acceptors (Lipinski definition) is 5. The number of likely N-dealkylation sites (N-methyl/N-ethyl adjacent to an activating group) is 2. The molecule has 1 N–H and O–H groups in total. The Morgan fingerprint density at radius 3 is 3.00 bits per heavy atom. The molecule has 2 aliphatic heterocycles. The Kier molecular flexibility index (Phi) is 5.56. The first-order valence-electron chi connectivity index (χ1n) is 8.72. The molecule has 0 aromatic heterocycles. The van der Waals surface area contributed by atoms with Crippen LogP contribution in [0, 0.1) is 0 Å². The van der Waals surface area contributed by atoms with Crippen molar-refractivity contribution in [2.24, 2.45) is 0 Å². The van der Waals surface area contributed by atoms with Crippen molar-refractivity contribution in [1.29, 1.82) is 0 Å². The maximum atomic E-state index is 12.8. The number of carbonyl (C=O) groups is 1. The van der Waals surface area contributed by atoms with Gasteiger partial charge in [-0.2, -0.15) is 0 Å². The summed E-state index contributed by atoms with van der Waals surface area (Å²) in [7, 11) is 2.05. The molecule has 132 valence electrons. The number of nitrogens with one attached hydrogen (secondary N) is 1. The van der Waals surface area contributed by atoms with Crippen LogP contribution in [0.3, 0.4) is 0 Å². The fourth-order valence-electron chi connectivity index (χ4n) is 3.56. The minimum Gasteiger partial charge on any atom is -0.489 e. The van der Waals surface area contributed by atoms with Crippen LogP contribution in [0.15, 0.2) is 17.0 Å². The van der Waals surface area contributed by atoms with Gasteiger partial charge < -0.3 is 15.0 Å². The molecule has 0 bridgehead atoms. The Balaban J connectivity index is 1.77. The maximum absolute atomic E-state index is 12.8. The predicted octanol–water partition coefficient (Wildman–Crippen LogP) is 2.45. The molecule has 1 atom stereocenters. The van der Waals surface area contributed by atoms with Gasteiger partial charge in [-0.15, -0.1) is 11.8 Å². The van der Waals surface area contributed by atoms with E-state index in [0.29, 0.717) is 24.8 Å². The summed E-state index contributed by atoms with van der Waals surface area (Å²) in [5.74, 6) is 0.693. The molecule has 0 radical (unpaired) electrons. The summed E-state index contributed by atoms with van der Waals surface area (Å²) in [4.78, 5) is 18.5. The van der Waals surface area contributed by atoms with E-state index in [1.54, 1.807) is 11.8 Å². The van der Waals surface area contributed by atoms with Crippen LogP contribution in [-0.4, -0.2) is 62.9 Å². The Hall–Kier alpha value is -1.40. The van der Waals surface area contributed by atoms with E-state index < -0.39 is 0 Å². The summed E-state index contributed by atoms with van der Waals surface area (Å²) < 4.78 is 5.84. The van der Waals surface area contributed by atoms with Gasteiger partial charge in [0.15, 0.2) is 5.75 Å². The van der Waals surface area contributed by atoms with E-state index >= 15 is 0 Å². The average Bonchev–Trinajstić information content (AvgIpc) is 3.06. The van der Waals surface area contributed by atoms with Gasteiger partial charge in [0.25, 0.3) is 5.91 Å². The minimum atomic E-state index is -0.0274. The zero-order valence-corrected chi connectivity index (χ0v) is 15.6. The summed E-state index contributed by atoms with van der Waals surface area (Å²) in [6.07, 6.45) is 4.42. The number of hydrogen-bond donors (Lipinski definition) is 1. The van der Waals surface area contributed by atoms with Crippen LogP contribution in [-0.2, 0) is 0 Å². The van der Waals surface area contributed by atoms with E-state index in [2.05, 4.69) is 28.1 Å². The monoisotopic (exact) mass is 349 g/mol. The highest BCUT2D eigenvalue weighted by Crippen LogP contribution is 2.38. The van der Waals surface area contributed by atoms with Gasteiger partial charge in [-0.1, -0.05) is 6.92 Å². The van der Waals surface area contributed by atoms with Crippen LogP contribution in [0.2, 0.25) is 0 Å². The lowest BCUT2D eigenvalue weighted by Gasteiger charge is -2.30. The smallest absolute Gasteiger partial charge is 0.255 e. The number of ether oxygens (including phenoxy) is 1. The van der Waals surface area contributed by atoms with E-state index in [1.165, 1.54) is 6.42 Å². The Morgan fingerprint density at radius 2 is 2.25 bits per heavy atom. The second-order valence-electron chi connectivity index (χ2n) is 6.43. The molecule has 5 nitrogen and oxygen atoms in total. The molecule has 0 aliphatic carbocycles. The van der Waals surface area contributed by atoms with E-state index in [9.17, 15) is 4.79 Å². The number of fused-ring (bicyclic) bond motifs is 1. The van der Waals surface area contributed by atoms with E-state index in [4.69, 9.17) is 4.74 Å². The predicted molar refractivity (Wildman–Crippen MR) is 99.6 cm³/mol. The average molecular weight is 350 g/mol. The quantitative estimate of drug-likeness (QED) is 0.828. The third-order valence-corrected chi connectivity index (χ3v) is 5.72. The third kappa shape index (κ3) is 3.49. The van der Waals surface area contributed by atoms with Gasteiger partial charge in [0.1, 0.15) is 6.61 Å². The highest BCUT2D eigenvalue weighted by atomic mass is 32.2. The number of anilines is 1. The fraction of sp³-hybridized carbons (Fsp3) is 0.611. The molecule has 3 rings (SSSR count). The standard InChI is InChI=1S/C18H27N3O2S/c1-4-21-7-5-6-13(21)12-19-18(22)15-10-14(24-3)11-16-17(15)23-9-8-20(16)2/h10-11,13H,4-9,12H2,1-3H3,(H,19,22). The molecule has 0 saturated carbocycles. The number of carbonyl (C=O) groups excluding carboxylic acids is 1. The number of rotatable bonds is 5. The summed E-state index contributed by atoms with van der Waals surface area (Å²) in [6.45, 7) is 6.55. The molecule has 1 amide bonds. The molecule has 6 heteroatoms. The lowest BCUT2D eigenvalue weighted by Crippen LogP contribution is -2.40. The molecule has 1 fully saturated rings. The summed E-state index contributed by atoms with van der Waals surface area (Å²) in [5.41, 5.74) is 1.67. The van der Waals surface area contributed by atoms with Gasteiger partial charge in [0, 0.05) is 24.5 Å². The van der Waals surface area contributed by atoms with Crippen LogP contribution in [0.25, 0.3) is 0 Å². The molecule has 1 aromatic rings. The van der Waals surface area contributed by atoms with Crippen LogP contribution in [0.5, 0.6) is 5.75 Å². The van der Waals surface area contributed by atoms with Gasteiger partial charge >= 0.3 is 0 Å². The SMILES string of the molecule is CCN1CCCC1CNC(=O)c1cc(SC)cc2c1OCCN2C. The van der Waals surface area contributed by atoms with Gasteiger partial charge in [-0.3, -0.25) is 9.69 Å². The number of amides is 1. The van der Waals surface area contributed by atoms with Crippen LogP contribution < -0.4 is 15.0 Å². The van der Waals surface area contributed by atoms with Crippen molar-refractivity contribution in [3.05, 3.63) is 17.7 Å². The highest BCUT2D eigenvalue weighted by molar-refractivity contribution is 7.98. The van der Waals surface area contributed by atoms with Crippen LogP contribution in [0.1, 0.15) is 30.1 Å². The van der Waals surface area contributed by atoms with E-state index in [-0.39, 0.29) is 5.91 Å². The van der Waals surface area contributed by atoms with Crippen molar-refractivity contribution in [3.8, 4) is 5.75 Å². The topological polar surface area (TPSA) is 44.8 Å². The number of benzene rings is 1. The largest absolute Gasteiger partial charge is 0.489 e. The van der Waals surface area contributed by atoms with E-state index in [1.807, 2.05) is 19.4 Å². The summed E-state index contributed by atoms with van der Waals surface area (Å²) in [6, 6.07) is 4.51. The van der Waals surface area contributed by atoms with Gasteiger partial charge in [-0.25, -0.2) is 0 Å². The zero-order chi connectivity index (χ0) is 17.1. The zero-order valence-electron chi connectivity index (χ0n) is 14.8. The molecule has 0 spiro atoms. The maximum Gasteiger partial charge on any atom is 0.255 e. The van der Waals surface area contributed by atoms with Gasteiger partial charge in [0.05, 0.1) is 17.8 Å². The van der Waals surface area contributed by atoms with Crippen molar-refractivity contribution >= 4 is 23.4 Å². The normalized spacial score (nSPS) is 20.6. The Bertz CT molecular complexity index is 608. The molecular weight excluding hydrogens is 322 g/mol. The Labute approximate surface area is 148 Å². The molecular formula is C18H27N3O2S. The molecule has 1 saturated heterocycles. The summed E-state index contributed by atoms with van der Waals surface area (Å²) in [5, 5.41) is 3.13. The lowest BCUT2D eigenvalue weighted by atomic mass is 10.1. The lowest BCUT2D eigenvalue weighted by molar-refractivity contribution is 0.0937. The van der Waals surface area contributed by atoms with Crippen LogP contribution in [0.4, 0.5) is 5.69 Å². The van der Waals surface area contributed by atoms with Crippen molar-refractivity contribution in [2.45, 2.75) is 30.7 Å².